The Bertz CT molecular complexity index is 1350. The van der Waals surface area contributed by atoms with E-state index in [0.29, 0.717) is 28.4 Å². The number of anilines is 1. The Hall–Kier alpha value is -2.59. The number of ether oxygens (including phenoxy) is 1. The average molecular weight is 579 g/mol. The van der Waals surface area contributed by atoms with Gasteiger partial charge in [0, 0.05) is 70.5 Å². The van der Waals surface area contributed by atoms with Gasteiger partial charge in [-0.05, 0) is 68.2 Å². The number of morpholine rings is 1. The molecule has 7 nitrogen and oxygen atoms in total. The number of imidazole rings is 1. The van der Waals surface area contributed by atoms with Crippen LogP contribution in [0.1, 0.15) is 43.2 Å². The van der Waals surface area contributed by atoms with E-state index in [2.05, 4.69) is 55.9 Å². The van der Waals surface area contributed by atoms with Crippen LogP contribution in [0.3, 0.4) is 0 Å². The molecule has 3 aromatic rings. The largest absolute Gasteiger partial charge is 0.379 e. The highest BCUT2D eigenvalue weighted by Crippen LogP contribution is 2.63. The minimum absolute atomic E-state index is 0.295. The van der Waals surface area contributed by atoms with Crippen LogP contribution in [0.2, 0.25) is 0 Å². The molecule has 2 saturated carbocycles. The Labute approximate surface area is 247 Å². The van der Waals surface area contributed by atoms with Crippen molar-refractivity contribution in [2.45, 2.75) is 50.1 Å². The topological polar surface area (TPSA) is 50.9 Å². The molecule has 1 N–H and O–H groups in total. The van der Waals surface area contributed by atoms with Gasteiger partial charge in [-0.25, -0.2) is 13.8 Å². The van der Waals surface area contributed by atoms with Crippen LogP contribution < -0.4 is 4.90 Å². The van der Waals surface area contributed by atoms with Crippen molar-refractivity contribution < 1.29 is 13.5 Å². The number of halogens is 2. The Kier molecular flexibility index (Phi) is 7.94. The molecule has 2 saturated heterocycles. The first-order valence-corrected chi connectivity index (χ1v) is 15.9. The summed E-state index contributed by atoms with van der Waals surface area (Å²) >= 11 is 0. The summed E-state index contributed by atoms with van der Waals surface area (Å²) in [5.41, 5.74) is 4.25. The number of aromatic amines is 1. The van der Waals surface area contributed by atoms with Crippen molar-refractivity contribution >= 4 is 17.0 Å². The summed E-state index contributed by atoms with van der Waals surface area (Å²) in [4.78, 5) is 18.0. The van der Waals surface area contributed by atoms with E-state index in [-0.39, 0.29) is 0 Å². The maximum absolute atomic E-state index is 14.0. The van der Waals surface area contributed by atoms with Crippen molar-refractivity contribution in [3.05, 3.63) is 59.2 Å². The van der Waals surface area contributed by atoms with Crippen LogP contribution in [0.4, 0.5) is 14.7 Å². The molecule has 0 amide bonds. The van der Waals surface area contributed by atoms with E-state index in [1.807, 2.05) is 0 Å². The predicted octanol–water partition coefficient (Wildman–Crippen LogP) is 4.63. The molecule has 9 heteroatoms. The Morgan fingerprint density at radius 1 is 1.02 bits per heavy atom. The number of rotatable bonds is 9. The lowest BCUT2D eigenvalue weighted by atomic mass is 9.80. The molecule has 0 spiro atoms. The first kappa shape index (κ1) is 28.2. The number of hydrogen-bond donors (Lipinski definition) is 1. The molecule has 226 valence electrons. The Morgan fingerprint density at radius 3 is 2.64 bits per heavy atom. The van der Waals surface area contributed by atoms with Gasteiger partial charge in [0.1, 0.15) is 0 Å². The molecule has 42 heavy (non-hydrogen) atoms. The van der Waals surface area contributed by atoms with Crippen molar-refractivity contribution in [2.24, 2.45) is 5.92 Å². The average Bonchev–Trinajstić information content (AvgIpc) is 3.62. The van der Waals surface area contributed by atoms with Crippen molar-refractivity contribution in [3.8, 4) is 0 Å². The lowest BCUT2D eigenvalue weighted by molar-refractivity contribution is 0.0342. The van der Waals surface area contributed by atoms with Gasteiger partial charge in [0.05, 0.1) is 24.2 Å². The first-order valence-electron chi connectivity index (χ1n) is 15.9. The van der Waals surface area contributed by atoms with Gasteiger partial charge in [0.2, 0.25) is 5.95 Å². The number of aromatic nitrogens is 2. The lowest BCUT2D eigenvalue weighted by Gasteiger charge is -2.38. The number of nitrogens with zero attached hydrogens (tertiary/aromatic N) is 5. The SMILES string of the molecule is CN1CCN(CCCN(c2nc3cc(F)c(F)cc3[nH]2)[C@@H]2CC[C@]3(c4cccc(CN5CCOCC5)c4)CC3C2)CC1. The zero-order valence-electron chi connectivity index (χ0n) is 24.8. The molecule has 1 unspecified atom stereocenters. The summed E-state index contributed by atoms with van der Waals surface area (Å²) in [6.07, 6.45) is 5.68. The number of benzene rings is 2. The zero-order chi connectivity index (χ0) is 28.7. The summed E-state index contributed by atoms with van der Waals surface area (Å²) in [7, 11) is 2.19. The zero-order valence-corrected chi connectivity index (χ0v) is 24.8. The van der Waals surface area contributed by atoms with E-state index in [1.165, 1.54) is 36.1 Å². The molecule has 0 bridgehead atoms. The number of H-pyrrole nitrogens is 1. The monoisotopic (exact) mass is 578 g/mol. The van der Waals surface area contributed by atoms with Crippen LogP contribution in [0, 0.1) is 17.6 Å². The molecule has 2 aliphatic carbocycles. The summed E-state index contributed by atoms with van der Waals surface area (Å²) in [6.45, 7) is 11.1. The molecule has 3 atom stereocenters. The van der Waals surface area contributed by atoms with Gasteiger partial charge in [0.15, 0.2) is 11.6 Å². The minimum atomic E-state index is -0.849. The maximum Gasteiger partial charge on any atom is 0.204 e. The third-order valence-electron chi connectivity index (χ3n) is 10.4. The number of piperazine rings is 1. The number of likely N-dealkylation sites (N-methyl/N-ethyl adjacent to an activating group) is 1. The smallest absolute Gasteiger partial charge is 0.204 e. The summed E-state index contributed by atoms with van der Waals surface area (Å²) in [5.74, 6) is -0.276. The van der Waals surface area contributed by atoms with Crippen molar-refractivity contribution in [1.29, 1.82) is 0 Å². The molecule has 2 aliphatic heterocycles. The van der Waals surface area contributed by atoms with E-state index in [9.17, 15) is 8.78 Å². The van der Waals surface area contributed by atoms with Gasteiger partial charge in [-0.15, -0.1) is 0 Å². The van der Waals surface area contributed by atoms with Crippen LogP contribution in [0.5, 0.6) is 0 Å². The third kappa shape index (κ3) is 5.81. The summed E-state index contributed by atoms with van der Waals surface area (Å²) in [6, 6.07) is 12.1. The predicted molar refractivity (Wildman–Crippen MR) is 162 cm³/mol. The van der Waals surface area contributed by atoms with Crippen LogP contribution in [-0.4, -0.2) is 103 Å². The van der Waals surface area contributed by atoms with Crippen molar-refractivity contribution in [2.75, 3.05) is 77.5 Å². The molecule has 4 fully saturated rings. The Morgan fingerprint density at radius 2 is 1.83 bits per heavy atom. The van der Waals surface area contributed by atoms with E-state index in [1.54, 1.807) is 0 Å². The highest BCUT2D eigenvalue weighted by atomic mass is 19.2. The van der Waals surface area contributed by atoms with Crippen molar-refractivity contribution in [1.82, 2.24) is 24.7 Å². The molecule has 4 aliphatic rings. The van der Waals surface area contributed by atoms with E-state index in [0.717, 1.165) is 97.3 Å². The summed E-state index contributed by atoms with van der Waals surface area (Å²) < 4.78 is 33.6. The van der Waals surface area contributed by atoms with Gasteiger partial charge in [-0.3, -0.25) is 4.90 Å². The van der Waals surface area contributed by atoms with Crippen LogP contribution >= 0.6 is 0 Å². The number of nitrogens with one attached hydrogen (secondary N) is 1. The second-order valence-electron chi connectivity index (χ2n) is 13.1. The molecular weight excluding hydrogens is 534 g/mol. The fourth-order valence-electron chi connectivity index (χ4n) is 7.77. The molecule has 2 aromatic carbocycles. The molecular formula is C33H44F2N6O. The number of hydrogen-bond acceptors (Lipinski definition) is 6. The van der Waals surface area contributed by atoms with Gasteiger partial charge < -0.3 is 24.4 Å². The van der Waals surface area contributed by atoms with Crippen LogP contribution in [-0.2, 0) is 16.7 Å². The fourth-order valence-corrected chi connectivity index (χ4v) is 7.77. The van der Waals surface area contributed by atoms with Gasteiger partial charge in [-0.1, -0.05) is 24.3 Å². The van der Waals surface area contributed by atoms with Crippen molar-refractivity contribution in [3.63, 3.8) is 0 Å². The second kappa shape index (κ2) is 11.8. The lowest BCUT2D eigenvalue weighted by Crippen LogP contribution is -2.46. The maximum atomic E-state index is 14.0. The van der Waals surface area contributed by atoms with E-state index >= 15 is 0 Å². The molecule has 0 radical (unpaired) electrons. The van der Waals surface area contributed by atoms with Crippen LogP contribution in [0.25, 0.3) is 11.0 Å². The van der Waals surface area contributed by atoms with E-state index < -0.39 is 11.6 Å². The molecule has 3 heterocycles. The quantitative estimate of drug-likeness (QED) is 0.400. The van der Waals surface area contributed by atoms with Crippen LogP contribution in [0.15, 0.2) is 36.4 Å². The number of fused-ring (bicyclic) bond motifs is 2. The minimum Gasteiger partial charge on any atom is -0.379 e. The first-order chi connectivity index (χ1) is 20.5. The Balaban J connectivity index is 1.06. The molecule has 7 rings (SSSR count). The second-order valence-corrected chi connectivity index (χ2v) is 13.1. The highest BCUT2D eigenvalue weighted by molar-refractivity contribution is 5.78. The summed E-state index contributed by atoms with van der Waals surface area (Å²) in [5, 5.41) is 0. The standard InChI is InChI=1S/C33H44F2N6O/c1-38-10-12-39(13-11-38)8-3-9-41(32-36-30-20-28(34)29(35)21-31(30)37-32)27-6-7-33(22-26(33)19-27)25-5-2-4-24(18-25)23-40-14-16-42-17-15-40/h2,4-5,18,20-21,26-27H,3,6-17,19,22-23H2,1H3,(H,36,37)/t26?,27-,33-/m1/s1. The van der Waals surface area contributed by atoms with Gasteiger partial charge >= 0.3 is 0 Å². The molecule has 1 aromatic heterocycles. The third-order valence-corrected chi connectivity index (χ3v) is 10.4. The fraction of sp³-hybridized carbons (Fsp3) is 0.606. The van der Waals surface area contributed by atoms with Gasteiger partial charge in [-0.2, -0.15) is 0 Å². The normalized spacial score (nSPS) is 27.3. The van der Waals surface area contributed by atoms with E-state index in [4.69, 9.17) is 9.72 Å². The van der Waals surface area contributed by atoms with Gasteiger partial charge in [0.25, 0.3) is 0 Å². The highest BCUT2D eigenvalue weighted by Gasteiger charge is 2.58.